The van der Waals surface area contributed by atoms with Gasteiger partial charge in [-0.2, -0.15) is 0 Å². The summed E-state index contributed by atoms with van der Waals surface area (Å²) in [5.74, 6) is -0.0411. The van der Waals surface area contributed by atoms with Crippen LogP contribution in [0, 0.1) is 0 Å². The Morgan fingerprint density at radius 3 is 2.95 bits per heavy atom. The Morgan fingerprint density at radius 2 is 2.24 bits per heavy atom. The highest BCUT2D eigenvalue weighted by atomic mass is 32.1. The molecule has 0 aliphatic carbocycles. The Labute approximate surface area is 124 Å². The zero-order valence-electron chi connectivity index (χ0n) is 11.4. The third-order valence-corrected chi connectivity index (χ3v) is 3.90. The number of fused-ring (bicyclic) bond motifs is 1. The van der Waals surface area contributed by atoms with Crippen molar-refractivity contribution in [3.05, 3.63) is 51.8 Å². The fourth-order valence-electron chi connectivity index (χ4n) is 2.24. The second kappa shape index (κ2) is 5.49. The van der Waals surface area contributed by atoms with Crippen molar-refractivity contribution in [3.63, 3.8) is 0 Å². The van der Waals surface area contributed by atoms with Crippen molar-refractivity contribution in [2.24, 2.45) is 4.99 Å². The van der Waals surface area contributed by atoms with E-state index in [9.17, 15) is 9.90 Å². The van der Waals surface area contributed by atoms with Crippen LogP contribution in [0.5, 0.6) is 5.75 Å². The van der Waals surface area contributed by atoms with E-state index in [1.165, 1.54) is 17.6 Å². The number of pyridine rings is 1. The van der Waals surface area contributed by atoms with Gasteiger partial charge in [-0.15, -0.1) is 11.3 Å². The number of hydrogen-bond acceptors (Lipinski definition) is 5. The maximum Gasteiger partial charge on any atom is 0.263 e. The van der Waals surface area contributed by atoms with Crippen LogP contribution >= 0.6 is 11.3 Å². The molecule has 0 saturated carbocycles. The van der Waals surface area contributed by atoms with Crippen molar-refractivity contribution in [1.82, 2.24) is 9.55 Å². The number of hydrogen-bond donors (Lipinski definition) is 1. The molecule has 3 aromatic rings. The summed E-state index contributed by atoms with van der Waals surface area (Å²) in [6, 6.07) is 7.28. The number of aliphatic imine (C=N–C) groups is 1. The molecular formula is C15H13N3O2S. The average Bonchev–Trinajstić information content (AvgIpc) is 3.01. The molecule has 2 aromatic heterocycles. The summed E-state index contributed by atoms with van der Waals surface area (Å²) in [6.45, 7) is 2.42. The lowest BCUT2D eigenvalue weighted by Crippen LogP contribution is -2.23. The zero-order chi connectivity index (χ0) is 14.8. The second-order valence-electron chi connectivity index (χ2n) is 4.40. The van der Waals surface area contributed by atoms with Crippen LogP contribution in [-0.4, -0.2) is 20.9 Å². The first kappa shape index (κ1) is 13.5. The summed E-state index contributed by atoms with van der Waals surface area (Å²) >= 11 is 1.37. The van der Waals surface area contributed by atoms with E-state index in [0.29, 0.717) is 22.6 Å². The van der Waals surface area contributed by atoms with Gasteiger partial charge in [0.2, 0.25) is 5.13 Å². The summed E-state index contributed by atoms with van der Waals surface area (Å²) in [5, 5.41) is 13.3. The van der Waals surface area contributed by atoms with Gasteiger partial charge in [-0.3, -0.25) is 4.79 Å². The summed E-state index contributed by atoms with van der Waals surface area (Å²) < 4.78 is 1.62. The monoisotopic (exact) mass is 299 g/mol. The lowest BCUT2D eigenvalue weighted by Gasteiger charge is -2.11. The molecule has 2 heterocycles. The smallest absolute Gasteiger partial charge is 0.263 e. The maximum absolute atomic E-state index is 12.5. The van der Waals surface area contributed by atoms with Gasteiger partial charge in [0.15, 0.2) is 0 Å². The van der Waals surface area contributed by atoms with Gasteiger partial charge in [-0.25, -0.2) is 9.98 Å². The summed E-state index contributed by atoms with van der Waals surface area (Å²) in [7, 11) is 0. The number of aromatic nitrogens is 2. The van der Waals surface area contributed by atoms with Gasteiger partial charge in [0, 0.05) is 29.7 Å². The zero-order valence-corrected chi connectivity index (χ0v) is 12.2. The van der Waals surface area contributed by atoms with Gasteiger partial charge in [0.1, 0.15) is 11.3 Å². The van der Waals surface area contributed by atoms with Gasteiger partial charge in [0.25, 0.3) is 5.56 Å². The van der Waals surface area contributed by atoms with E-state index in [2.05, 4.69) is 9.98 Å². The van der Waals surface area contributed by atoms with Gasteiger partial charge >= 0.3 is 0 Å². The van der Waals surface area contributed by atoms with Gasteiger partial charge in [-0.05, 0) is 19.1 Å². The highest BCUT2D eigenvalue weighted by Gasteiger charge is 2.13. The van der Waals surface area contributed by atoms with Crippen LogP contribution in [0.25, 0.3) is 10.9 Å². The lowest BCUT2D eigenvalue weighted by atomic mass is 10.1. The molecule has 0 unspecified atom stereocenters. The van der Waals surface area contributed by atoms with Crippen LogP contribution in [0.3, 0.4) is 0 Å². The molecule has 1 aromatic carbocycles. The van der Waals surface area contributed by atoms with Gasteiger partial charge in [0.05, 0.1) is 5.52 Å². The highest BCUT2D eigenvalue weighted by molar-refractivity contribution is 7.13. The average molecular weight is 299 g/mol. The molecule has 0 fully saturated rings. The fraction of sp³-hybridized carbons (Fsp3) is 0.133. The summed E-state index contributed by atoms with van der Waals surface area (Å²) in [5.41, 5.74) is 0.647. The van der Waals surface area contributed by atoms with Crippen LogP contribution in [0.4, 0.5) is 5.13 Å². The topological polar surface area (TPSA) is 67.5 Å². The number of nitrogens with zero attached hydrogens (tertiary/aromatic N) is 3. The third-order valence-electron chi connectivity index (χ3n) is 3.22. The van der Waals surface area contributed by atoms with E-state index in [4.69, 9.17) is 0 Å². The standard InChI is InChI=1S/C15H13N3O2S/c1-2-18-12-6-4-3-5-10(12)13(19)11(14(18)20)9-17-15-16-7-8-21-15/h3-9,19H,2H2,1H3. The van der Waals surface area contributed by atoms with E-state index < -0.39 is 0 Å². The van der Waals surface area contributed by atoms with E-state index >= 15 is 0 Å². The minimum Gasteiger partial charge on any atom is -0.506 e. The number of thiazole rings is 1. The van der Waals surface area contributed by atoms with Crippen molar-refractivity contribution < 1.29 is 5.11 Å². The molecule has 0 saturated heterocycles. The lowest BCUT2D eigenvalue weighted by molar-refractivity contribution is 0.478. The Hall–Kier alpha value is -2.47. The normalized spacial score (nSPS) is 11.5. The van der Waals surface area contributed by atoms with Crippen LogP contribution < -0.4 is 5.56 Å². The molecule has 1 N–H and O–H groups in total. The van der Waals surface area contributed by atoms with Crippen molar-refractivity contribution >= 4 is 33.6 Å². The maximum atomic E-state index is 12.5. The Morgan fingerprint density at radius 1 is 1.43 bits per heavy atom. The summed E-state index contributed by atoms with van der Waals surface area (Å²) in [4.78, 5) is 20.7. The number of rotatable bonds is 3. The van der Waals surface area contributed by atoms with Crippen LogP contribution in [-0.2, 0) is 6.54 Å². The molecule has 3 rings (SSSR count). The van der Waals surface area contributed by atoms with Crippen LogP contribution in [0.1, 0.15) is 12.5 Å². The number of aromatic hydroxyl groups is 1. The molecule has 5 nitrogen and oxygen atoms in total. The molecule has 0 bridgehead atoms. The molecular weight excluding hydrogens is 286 g/mol. The van der Waals surface area contributed by atoms with Crippen molar-refractivity contribution in [1.29, 1.82) is 0 Å². The molecule has 0 amide bonds. The predicted molar refractivity (Wildman–Crippen MR) is 84.9 cm³/mol. The minimum atomic E-state index is -0.256. The second-order valence-corrected chi connectivity index (χ2v) is 5.27. The van der Waals surface area contributed by atoms with Crippen molar-refractivity contribution in [2.75, 3.05) is 0 Å². The molecule has 0 radical (unpaired) electrons. The van der Waals surface area contributed by atoms with E-state index in [1.807, 2.05) is 25.1 Å². The molecule has 0 atom stereocenters. The Balaban J connectivity index is 2.25. The minimum absolute atomic E-state index is 0.0411. The van der Waals surface area contributed by atoms with Gasteiger partial charge in [-0.1, -0.05) is 12.1 Å². The summed E-state index contributed by atoms with van der Waals surface area (Å²) in [6.07, 6.45) is 3.02. The molecule has 0 spiro atoms. The third kappa shape index (κ3) is 2.34. The van der Waals surface area contributed by atoms with Crippen molar-refractivity contribution in [3.8, 4) is 5.75 Å². The molecule has 0 aliphatic heterocycles. The Bertz CT molecular complexity index is 867. The largest absolute Gasteiger partial charge is 0.506 e. The van der Waals surface area contributed by atoms with Crippen LogP contribution in [0.2, 0.25) is 0 Å². The van der Waals surface area contributed by atoms with E-state index in [1.54, 1.807) is 22.2 Å². The van der Waals surface area contributed by atoms with Gasteiger partial charge < -0.3 is 9.67 Å². The number of para-hydroxylation sites is 1. The Kier molecular flexibility index (Phi) is 3.53. The van der Waals surface area contributed by atoms with Crippen molar-refractivity contribution in [2.45, 2.75) is 13.5 Å². The van der Waals surface area contributed by atoms with E-state index in [-0.39, 0.29) is 16.9 Å². The molecule has 106 valence electrons. The highest BCUT2D eigenvalue weighted by Crippen LogP contribution is 2.25. The fourth-order valence-corrected chi connectivity index (χ4v) is 2.72. The first-order valence-corrected chi connectivity index (χ1v) is 7.38. The first-order valence-electron chi connectivity index (χ1n) is 6.50. The SMILES string of the molecule is CCn1c(=O)c(C=Nc2nccs2)c(O)c2ccccc21. The predicted octanol–water partition coefficient (Wildman–Crippen LogP) is 2.93. The van der Waals surface area contributed by atoms with Crippen LogP contribution in [0.15, 0.2) is 45.6 Å². The number of aryl methyl sites for hydroxylation is 1. The number of benzene rings is 1. The quantitative estimate of drug-likeness (QED) is 0.756. The first-order chi connectivity index (χ1) is 10.2. The molecule has 21 heavy (non-hydrogen) atoms. The molecule has 0 aliphatic rings. The molecule has 6 heteroatoms. The van der Waals surface area contributed by atoms with E-state index in [0.717, 1.165) is 0 Å².